The molecule has 83 heavy (non-hydrogen) atoms. The van der Waals surface area contributed by atoms with Gasteiger partial charge in [0.2, 0.25) is 23.6 Å². The molecule has 6 N–H and O–H groups in total. The lowest BCUT2D eigenvalue weighted by molar-refractivity contribution is -0.150. The van der Waals surface area contributed by atoms with Gasteiger partial charge in [0, 0.05) is 78.2 Å². The monoisotopic (exact) mass is 1160 g/mol. The summed E-state index contributed by atoms with van der Waals surface area (Å²) in [5, 5.41) is 11.3. The summed E-state index contributed by atoms with van der Waals surface area (Å²) in [6, 6.07) is 12.0. The normalized spacial score (nSPS) is 17.0. The predicted molar refractivity (Wildman–Crippen MR) is 317 cm³/mol. The molecule has 21 nitrogen and oxygen atoms in total. The fraction of sp³-hybridized carbons (Fsp3) is 0.661. The zero-order chi connectivity index (χ0) is 62.2. The first-order chi connectivity index (χ1) is 39.3. The summed E-state index contributed by atoms with van der Waals surface area (Å²) in [5.41, 5.74) is 7.12. The van der Waals surface area contributed by atoms with Crippen LogP contribution in [0.2, 0.25) is 0 Å². The minimum atomic E-state index is -0.939. The third-order valence-electron chi connectivity index (χ3n) is 16.3. The first-order valence-electron chi connectivity index (χ1n) is 29.4. The van der Waals surface area contributed by atoms with Crippen molar-refractivity contribution in [3.63, 3.8) is 0 Å². The maximum Gasteiger partial charge on any atom is 0.410 e. The predicted octanol–water partition coefficient (Wildman–Crippen LogP) is 6.54. The van der Waals surface area contributed by atoms with Gasteiger partial charge in [0.05, 0.1) is 55.8 Å². The summed E-state index contributed by atoms with van der Waals surface area (Å²) >= 11 is 0. The Morgan fingerprint density at radius 3 is 1.95 bits per heavy atom. The van der Waals surface area contributed by atoms with Crippen molar-refractivity contribution in [2.24, 2.45) is 47.2 Å². The van der Waals surface area contributed by atoms with E-state index in [2.05, 4.69) is 21.3 Å². The van der Waals surface area contributed by atoms with Gasteiger partial charge in [-0.05, 0) is 79.7 Å². The van der Waals surface area contributed by atoms with Gasteiger partial charge in [-0.1, -0.05) is 111 Å². The number of primary amides is 1. The Hall–Kier alpha value is -6.45. The van der Waals surface area contributed by atoms with Crippen molar-refractivity contribution in [1.82, 2.24) is 30.7 Å². The van der Waals surface area contributed by atoms with Gasteiger partial charge in [0.1, 0.15) is 12.6 Å². The summed E-state index contributed by atoms with van der Waals surface area (Å²) in [6.45, 7) is 17.5. The van der Waals surface area contributed by atoms with E-state index in [0.29, 0.717) is 49.9 Å². The molecule has 0 aliphatic carbocycles. The fourth-order valence-corrected chi connectivity index (χ4v) is 11.4. The molecule has 2 aromatic carbocycles. The summed E-state index contributed by atoms with van der Waals surface area (Å²) in [7, 11) is 9.17. The Balaban J connectivity index is 1.72. The third-order valence-corrected chi connectivity index (χ3v) is 16.3. The molecular weight excluding hydrogens is 1060 g/mol. The number of carbonyl (C=O) groups excluding carboxylic acids is 9. The summed E-state index contributed by atoms with van der Waals surface area (Å²) in [5.74, 6) is -5.29. The minimum absolute atomic E-state index is 0.000279. The van der Waals surface area contributed by atoms with Crippen LogP contribution in [0.15, 0.2) is 54.6 Å². The van der Waals surface area contributed by atoms with Crippen LogP contribution in [-0.4, -0.2) is 166 Å². The highest BCUT2D eigenvalue weighted by molar-refractivity contribution is 5.97. The number of hydrogen-bond donors (Lipinski definition) is 5. The van der Waals surface area contributed by atoms with Crippen molar-refractivity contribution >= 4 is 59.0 Å². The Labute approximate surface area is 492 Å². The molecule has 0 bridgehead atoms. The summed E-state index contributed by atoms with van der Waals surface area (Å²) in [4.78, 5) is 127. The van der Waals surface area contributed by atoms with Gasteiger partial charge >= 0.3 is 18.1 Å². The Morgan fingerprint density at radius 1 is 0.759 bits per heavy atom. The number of benzene rings is 2. The molecule has 1 aliphatic rings. The second-order valence-electron chi connectivity index (χ2n) is 23.2. The Morgan fingerprint density at radius 2 is 1.41 bits per heavy atom. The largest absolute Gasteiger partial charge is 0.467 e. The molecule has 7 amide bonds. The highest BCUT2D eigenvalue weighted by Crippen LogP contribution is 2.32. The van der Waals surface area contributed by atoms with E-state index in [1.807, 2.05) is 85.7 Å². The number of hydrogen-bond acceptors (Lipinski definition) is 14. The molecule has 0 spiro atoms. The number of anilines is 1. The van der Waals surface area contributed by atoms with Crippen molar-refractivity contribution < 1.29 is 62.1 Å². The number of rotatable bonds is 35. The quantitative estimate of drug-likeness (QED) is 0.0362. The van der Waals surface area contributed by atoms with Crippen LogP contribution in [0.4, 0.5) is 15.3 Å². The van der Waals surface area contributed by atoms with Crippen LogP contribution in [0, 0.1) is 41.4 Å². The van der Waals surface area contributed by atoms with E-state index >= 15 is 0 Å². The lowest BCUT2D eigenvalue weighted by Gasteiger charge is -2.41. The van der Waals surface area contributed by atoms with Crippen molar-refractivity contribution in [2.75, 3.05) is 60.9 Å². The van der Waals surface area contributed by atoms with Gasteiger partial charge in [-0.3, -0.25) is 28.8 Å². The van der Waals surface area contributed by atoms with Crippen LogP contribution in [-0.2, 0) is 65.5 Å². The lowest BCUT2D eigenvalue weighted by atomic mass is 9.83. The second-order valence-corrected chi connectivity index (χ2v) is 23.2. The molecule has 0 aromatic heterocycles. The number of Topliss-reactive ketones (excluding diaryl/α,β-unsaturated/α-hetero) is 2. The Kier molecular flexibility index (Phi) is 29.9. The maximum absolute atomic E-state index is 14.8. The molecule has 1 saturated heterocycles. The van der Waals surface area contributed by atoms with Crippen molar-refractivity contribution in [1.29, 1.82) is 0 Å². The number of nitrogens with one attached hydrogen (secondary N) is 4. The SMILES string of the molecule is CCC(C)[C@@H]([C@@H](CC(=O)N1CCC[C@H]1[C@H](OC)[C@@H](C)C(=O)NC(Cc1ccccc1)C(=O)OC)OC)N(C)C(=O)[C@@H](CC(=O)[C@H](C(C)C)N(C)C(=O)OCc1ccc(NC(=O)C(CCCNC(N)=O)CC(=O)[C@@H](NC)C(C)C)cc1)C(C)C. The second kappa shape index (κ2) is 35.0. The molecule has 11 atom stereocenters. The topological polar surface area (TPSA) is 274 Å². The van der Waals surface area contributed by atoms with E-state index < -0.39 is 84.2 Å². The summed E-state index contributed by atoms with van der Waals surface area (Å²) < 4.78 is 22.8. The average Bonchev–Trinajstić information content (AvgIpc) is 3.97. The van der Waals surface area contributed by atoms with Gasteiger partial charge in [-0.15, -0.1) is 0 Å². The number of urea groups is 1. The van der Waals surface area contributed by atoms with E-state index in [0.717, 1.165) is 5.56 Å². The first kappa shape index (κ1) is 70.8. The van der Waals surface area contributed by atoms with Crippen LogP contribution in [0.25, 0.3) is 0 Å². The zero-order valence-electron chi connectivity index (χ0n) is 52.0. The molecule has 3 rings (SSSR count). The highest BCUT2D eigenvalue weighted by Gasteiger charge is 2.44. The zero-order valence-corrected chi connectivity index (χ0v) is 52.0. The smallest absolute Gasteiger partial charge is 0.410 e. The van der Waals surface area contributed by atoms with Crippen LogP contribution in [0.3, 0.4) is 0 Å². The van der Waals surface area contributed by atoms with Crippen LogP contribution in [0.1, 0.15) is 125 Å². The van der Waals surface area contributed by atoms with Crippen LogP contribution < -0.4 is 27.0 Å². The first-order valence-corrected chi connectivity index (χ1v) is 29.4. The van der Waals surface area contributed by atoms with Gasteiger partial charge in [0.25, 0.3) is 0 Å². The molecule has 1 aliphatic heterocycles. The van der Waals surface area contributed by atoms with Gasteiger partial charge in [-0.2, -0.15) is 0 Å². The fourth-order valence-electron chi connectivity index (χ4n) is 11.4. The highest BCUT2D eigenvalue weighted by atomic mass is 16.6. The van der Waals surface area contributed by atoms with E-state index in [9.17, 15) is 43.2 Å². The molecule has 21 heteroatoms. The number of amides is 7. The third kappa shape index (κ3) is 21.0. The molecule has 3 unspecified atom stereocenters. The van der Waals surface area contributed by atoms with Gasteiger partial charge in [-0.25, -0.2) is 14.4 Å². The molecule has 0 radical (unpaired) electrons. The number of esters is 1. The molecule has 1 heterocycles. The number of likely N-dealkylation sites (N-methyl/N-ethyl adjacent to an activating group) is 3. The van der Waals surface area contributed by atoms with Crippen LogP contribution in [0.5, 0.6) is 0 Å². The summed E-state index contributed by atoms with van der Waals surface area (Å²) in [6.07, 6.45) is 0.434. The van der Waals surface area contributed by atoms with Gasteiger partial charge in [0.15, 0.2) is 11.6 Å². The van der Waals surface area contributed by atoms with E-state index in [1.165, 1.54) is 33.3 Å². The van der Waals surface area contributed by atoms with Crippen molar-refractivity contribution in [3.05, 3.63) is 65.7 Å². The number of methoxy groups -OCH3 is 3. The number of ketones is 2. The maximum atomic E-state index is 14.8. The van der Waals surface area contributed by atoms with Gasteiger partial charge < -0.3 is 60.6 Å². The standard InChI is InChI=1S/C62H98N8O13/c1-16-40(8)55(51(80-13)35-52(73)70-31-21-25-48(70)56(81-14)41(9)57(74)67-47(60(77)82-15)32-42-22-18-17-19-23-42)68(11)59(76)46(37(2)3)34-50(72)54(39(6)7)69(12)62(79)83-36-43-26-28-45(29-27-43)66-58(75)44(24-20-30-65-61(63)78)33-49(71)53(64-10)38(4)5/h17-19,22-23,26-29,37-41,44,46-48,51,53-56,64H,16,20-21,24-25,30-36H2,1-15H3,(H,66,75)(H,67,74)(H3,63,65,78)/t40?,41-,44?,46+,47?,48+,51-,53+,54+,55+,56-/m1/s1. The van der Waals surface area contributed by atoms with Crippen LogP contribution >= 0.6 is 0 Å². The van der Waals surface area contributed by atoms with E-state index in [-0.39, 0.29) is 91.8 Å². The molecule has 2 aromatic rings. The minimum Gasteiger partial charge on any atom is -0.467 e. The molecule has 1 fully saturated rings. The number of likely N-dealkylation sites (tertiary alicyclic amines) is 1. The number of nitrogens with zero attached hydrogens (tertiary/aromatic N) is 3. The molecule has 464 valence electrons. The number of nitrogens with two attached hydrogens (primary N) is 1. The number of ether oxygens (including phenoxy) is 4. The molecular formula is C62H98N8O13. The number of carbonyl (C=O) groups is 9. The van der Waals surface area contributed by atoms with Crippen molar-refractivity contribution in [3.8, 4) is 0 Å². The Bertz CT molecular complexity index is 2420. The van der Waals surface area contributed by atoms with E-state index in [4.69, 9.17) is 24.7 Å². The average molecular weight is 1160 g/mol. The van der Waals surface area contributed by atoms with E-state index in [1.54, 1.807) is 55.1 Å². The molecule has 0 saturated carbocycles. The van der Waals surface area contributed by atoms with Crippen molar-refractivity contribution in [2.45, 2.75) is 169 Å². The lowest BCUT2D eigenvalue weighted by Crippen LogP contribution is -2.55.